The van der Waals surface area contributed by atoms with Gasteiger partial charge >= 0.3 is 0 Å². The van der Waals surface area contributed by atoms with Crippen LogP contribution in [0.5, 0.6) is 0 Å². The summed E-state index contributed by atoms with van der Waals surface area (Å²) in [5.74, 6) is -0.973. The highest BCUT2D eigenvalue weighted by molar-refractivity contribution is 6.20. The van der Waals surface area contributed by atoms with Gasteiger partial charge in [0.1, 0.15) is 0 Å². The molecule has 2 aliphatic rings. The van der Waals surface area contributed by atoms with E-state index in [1.165, 1.54) is 13.7 Å². The van der Waals surface area contributed by atoms with E-state index in [0.717, 1.165) is 66.4 Å². The number of fused-ring (bicyclic) bond motifs is 19. The first-order valence-electron chi connectivity index (χ1n) is 53.0. The van der Waals surface area contributed by atoms with E-state index >= 15 is 0 Å². The van der Waals surface area contributed by atoms with Crippen LogP contribution in [0.25, 0.3) is 160 Å². The Balaban J connectivity index is 0.926. The van der Waals surface area contributed by atoms with Crippen LogP contribution >= 0.6 is 0 Å². The van der Waals surface area contributed by atoms with Crippen LogP contribution in [0.1, 0.15) is 135 Å². The van der Waals surface area contributed by atoms with Crippen molar-refractivity contribution in [3.05, 3.63) is 403 Å². The molecule has 0 fully saturated rings. The number of hydrogen-bond donors (Lipinski definition) is 0. The number of aromatic nitrogens is 5. The summed E-state index contributed by atoms with van der Waals surface area (Å²) in [6.45, 7) is 19.7. The molecule has 5 aromatic heterocycles. The molecule has 0 bridgehead atoms. The molecule has 0 aliphatic carbocycles. The van der Waals surface area contributed by atoms with E-state index in [1.807, 2.05) is 119 Å². The summed E-state index contributed by atoms with van der Waals surface area (Å²) in [5.41, 5.74) is 13.4. The van der Waals surface area contributed by atoms with Crippen molar-refractivity contribution in [2.24, 2.45) is 0 Å². The number of hydrogen-bond acceptors (Lipinski definition) is 2. The third-order valence-electron chi connectivity index (χ3n) is 25.0. The van der Waals surface area contributed by atoms with Crippen LogP contribution in [0.2, 0.25) is 0 Å². The Morgan fingerprint density at radius 3 is 1.07 bits per heavy atom. The zero-order valence-electron chi connectivity index (χ0n) is 92.1. The van der Waals surface area contributed by atoms with Gasteiger partial charge in [-0.25, -0.2) is 0 Å². The first-order valence-corrected chi connectivity index (χ1v) is 41.0. The van der Waals surface area contributed by atoms with Crippen LogP contribution in [-0.4, -0.2) is 22.8 Å². The second kappa shape index (κ2) is 26.4. The Bertz CT molecular complexity index is 9390. The summed E-state index contributed by atoms with van der Waals surface area (Å²) in [6, 6.07) is 59.6. The van der Waals surface area contributed by atoms with Gasteiger partial charge < -0.3 is 32.6 Å². The molecule has 584 valence electrons. The number of para-hydroxylation sites is 9. The van der Waals surface area contributed by atoms with Crippen molar-refractivity contribution in [2.45, 2.75) is 84.5 Å². The maximum Gasteiger partial charge on any atom is 0.0783 e. The molecule has 0 spiro atoms. The smallest absolute Gasteiger partial charge is 0.0783 e. The lowest BCUT2D eigenvalue weighted by Gasteiger charge is -2.46. The summed E-state index contributed by atoms with van der Waals surface area (Å²) in [4.78, 5) is 4.22. The number of rotatable bonds is 9. The fourth-order valence-electron chi connectivity index (χ4n) is 19.3. The summed E-state index contributed by atoms with van der Waals surface area (Å²) >= 11 is 0. The fraction of sp³-hybridized carbons (Fsp3) is 0.113. The molecule has 1 atom stereocenters. The molecule has 7 heteroatoms. The van der Waals surface area contributed by atoms with E-state index in [4.69, 9.17) is 2.74 Å². The Hall–Kier alpha value is -14.7. The Kier molecular flexibility index (Phi) is 11.0. The summed E-state index contributed by atoms with van der Waals surface area (Å²) in [5, 5.41) is 1.92. The normalized spacial score (nSPS) is 16.4. The minimum Gasteiger partial charge on any atom is -0.310 e. The molecule has 24 rings (SSSR count). The van der Waals surface area contributed by atoms with Crippen LogP contribution in [0.15, 0.2) is 369 Å². The summed E-state index contributed by atoms with van der Waals surface area (Å²) in [7, 11) is 0. The molecule has 122 heavy (non-hydrogen) atoms. The van der Waals surface area contributed by atoms with Gasteiger partial charge in [0, 0.05) is 88.1 Å². The molecular weight excluding hydrogens is 1480 g/mol. The quantitative estimate of drug-likeness (QED) is 0.144. The van der Waals surface area contributed by atoms with Gasteiger partial charge in [-0.2, -0.15) is 0 Å². The third kappa shape index (κ3) is 10.7. The molecule has 0 radical (unpaired) electrons. The van der Waals surface area contributed by atoms with Gasteiger partial charge in [0.25, 0.3) is 0 Å². The molecule has 22 aromatic rings. The molecule has 7 heterocycles. The van der Waals surface area contributed by atoms with Gasteiger partial charge in [-0.15, -0.1) is 0 Å². The zero-order valence-corrected chi connectivity index (χ0v) is 68.1. The first-order chi connectivity index (χ1) is 69.4. The van der Waals surface area contributed by atoms with Crippen LogP contribution in [0.4, 0.5) is 34.1 Å². The minimum absolute atomic E-state index is 0.0959. The Morgan fingerprint density at radius 2 is 0.598 bits per heavy atom. The second-order valence-corrected chi connectivity index (χ2v) is 35.1. The van der Waals surface area contributed by atoms with Gasteiger partial charge in [-0.3, -0.25) is 0 Å². The highest BCUT2D eigenvalue weighted by Gasteiger charge is 2.44. The van der Waals surface area contributed by atoms with Crippen molar-refractivity contribution < 1.29 is 32.9 Å². The van der Waals surface area contributed by atoms with Gasteiger partial charge in [0.15, 0.2) is 0 Å². The molecular formula is C115H89N7. The number of benzene rings is 17. The Labute approximate surface area is 743 Å². The second-order valence-electron chi connectivity index (χ2n) is 35.1. The largest absolute Gasteiger partial charge is 0.310 e. The lowest BCUT2D eigenvalue weighted by molar-refractivity contribution is 0.590. The molecule has 1 unspecified atom stereocenters. The van der Waals surface area contributed by atoms with Crippen LogP contribution in [0, 0.1) is 0 Å². The third-order valence-corrected chi connectivity index (χ3v) is 25.0. The lowest BCUT2D eigenvalue weighted by atomic mass is 9.75. The van der Waals surface area contributed by atoms with E-state index in [0.29, 0.717) is 78.3 Å². The fourth-order valence-corrected chi connectivity index (χ4v) is 19.3. The monoisotopic (exact) mass is 1590 g/mol. The van der Waals surface area contributed by atoms with E-state index in [2.05, 4.69) is 169 Å². The molecule has 0 saturated carbocycles. The minimum atomic E-state index is -0.973. The van der Waals surface area contributed by atoms with E-state index in [1.54, 1.807) is 18.2 Å². The van der Waals surface area contributed by atoms with Crippen LogP contribution < -0.4 is 9.80 Å². The molecule has 17 aromatic carbocycles. The highest BCUT2D eigenvalue weighted by atomic mass is 15.2. The SMILES string of the molecule is [2H]c1c([2H])c([2H])c2c(c1[2H])c1c([2H])c([2H])c([2H])c([2H])c1n2-c1ccc2c(c1)N(c1cccc3c4cccc(-n5c6c([2H])c([2H])c([2H])c([2H])c6c6c([2H])c([2H])c([2H])c([2H])c65)c4n(-c4ccccc4)c13)c1cc(-n3c4c([2H])c([2H])c([2H])c([2H])c4c4c([2H])c([2H])c([2H])c([2H])c43)cc3c1C2c1ccc(-n2c4ccc(C(C)(C)C)cc4c4cc(C(C)(C)C)ccc42)cc1N3c1cc(-c2ccccc2)cc(-c2ccc(C(C)(C)C)cc2)c1. The van der Waals surface area contributed by atoms with Gasteiger partial charge in [-0.05, 0) is 206 Å². The van der Waals surface area contributed by atoms with Crippen molar-refractivity contribution in [1.82, 2.24) is 22.8 Å². The lowest BCUT2D eigenvalue weighted by Crippen LogP contribution is -2.30. The van der Waals surface area contributed by atoms with E-state index < -0.39 is 151 Å². The maximum absolute atomic E-state index is 10.4. The first kappa shape index (κ1) is 51.0. The predicted octanol–water partition coefficient (Wildman–Crippen LogP) is 31.1. The predicted molar refractivity (Wildman–Crippen MR) is 515 cm³/mol. The van der Waals surface area contributed by atoms with Crippen LogP contribution in [0.3, 0.4) is 0 Å². The van der Waals surface area contributed by atoms with Crippen LogP contribution in [-0.2, 0) is 16.2 Å². The average Bonchev–Trinajstić information content (AvgIpc) is 0.989. The number of nitrogens with zero attached hydrogens (tertiary/aromatic N) is 7. The van der Waals surface area contributed by atoms with Crippen molar-refractivity contribution >= 4 is 143 Å². The number of anilines is 6. The average molecular weight is 1590 g/mol. The highest BCUT2D eigenvalue weighted by Crippen LogP contribution is 2.64. The van der Waals surface area contributed by atoms with Crippen molar-refractivity contribution in [1.29, 1.82) is 0 Å². The van der Waals surface area contributed by atoms with Crippen molar-refractivity contribution in [3.63, 3.8) is 0 Å². The van der Waals surface area contributed by atoms with E-state index in [-0.39, 0.29) is 98.7 Å². The molecule has 2 aliphatic heterocycles. The zero-order chi connectivity index (χ0) is 103. The Morgan fingerprint density at radius 1 is 0.221 bits per heavy atom. The van der Waals surface area contributed by atoms with Crippen molar-refractivity contribution in [2.75, 3.05) is 9.80 Å². The van der Waals surface area contributed by atoms with E-state index in [9.17, 15) is 30.2 Å². The standard InChI is InChI=1S/C115H89N7/c1-113(2,3)75-52-50-72(51-53-75)74-62-73(71-30-12-10-13-31-71)63-81(64-74)119-105-67-79(117-101-60-54-76(114(4,5)6)65-93(101)94-66-77(115(7,8)9)55-61-102(94)117)56-58-91(105)109-92-59-57-80(116-95-42-22-16-34-83(95)84-35-17-23-43-96(84)116)68-106(92)122(108-70-82(69-107(119)110(108)109)118-97-44-24-18-36-85(97)86-37-19-25-45-98(86)118)104-49-29-41-90-89-40-28-48-103(111(89)120(112(90)104)78-32-14-11-15-33-78)121-99-46-26-20-38-87(99)88-39-21-27-47-100(88)121/h10-70,109H,1-9H3/i16D,17D,18D,19D,20D,21D,22D,23D,24D,25D,26D,27D,34D,35D,36D,37D,38D,39D,42D,43D,44D,45D,46D,47D. The summed E-state index contributed by atoms with van der Waals surface area (Å²) in [6.07, 6.45) is 0. The van der Waals surface area contributed by atoms with Gasteiger partial charge in [0.05, 0.1) is 128 Å². The summed E-state index contributed by atoms with van der Waals surface area (Å²) < 4.78 is 242. The molecule has 0 saturated heterocycles. The molecule has 0 amide bonds. The maximum atomic E-state index is 10.4. The topological polar surface area (TPSA) is 31.1 Å². The van der Waals surface area contributed by atoms with Crippen molar-refractivity contribution in [3.8, 4) is 50.7 Å². The molecule has 7 nitrogen and oxygen atoms in total. The van der Waals surface area contributed by atoms with Gasteiger partial charge in [-0.1, -0.05) is 292 Å². The van der Waals surface area contributed by atoms with Gasteiger partial charge in [0.2, 0.25) is 0 Å². The molecule has 0 N–H and O–H groups in total.